The molecule has 0 bridgehead atoms. The normalized spacial score (nSPS) is 11.3. The van der Waals surface area contributed by atoms with E-state index in [1.165, 1.54) is 6.33 Å². The van der Waals surface area contributed by atoms with Gasteiger partial charge in [-0.05, 0) is 23.3 Å². The van der Waals surface area contributed by atoms with E-state index in [4.69, 9.17) is 0 Å². The van der Waals surface area contributed by atoms with Gasteiger partial charge >= 0.3 is 6.18 Å². The van der Waals surface area contributed by atoms with E-state index in [2.05, 4.69) is 20.4 Å². The van der Waals surface area contributed by atoms with Gasteiger partial charge < -0.3 is 5.32 Å². The monoisotopic (exact) mass is 361 g/mol. The van der Waals surface area contributed by atoms with Crippen molar-refractivity contribution in [3.05, 3.63) is 77.6 Å². The van der Waals surface area contributed by atoms with Crippen molar-refractivity contribution in [3.63, 3.8) is 0 Å². The molecule has 0 saturated carbocycles. The molecule has 0 saturated heterocycles. The molecule has 26 heavy (non-hydrogen) atoms. The van der Waals surface area contributed by atoms with E-state index in [0.29, 0.717) is 6.54 Å². The van der Waals surface area contributed by atoms with Crippen LogP contribution < -0.4 is 5.32 Å². The zero-order valence-corrected chi connectivity index (χ0v) is 13.4. The fourth-order valence-electron chi connectivity index (χ4n) is 2.24. The maximum absolute atomic E-state index is 12.5. The number of hydrogen-bond acceptors (Lipinski definition) is 4. The van der Waals surface area contributed by atoms with Crippen LogP contribution >= 0.6 is 0 Å². The smallest absolute Gasteiger partial charge is 0.348 e. The molecule has 3 rings (SSSR count). The topological polar surface area (TPSA) is 72.7 Å². The summed E-state index contributed by atoms with van der Waals surface area (Å²) in [5.74, 6) is -0.488. The van der Waals surface area contributed by atoms with Gasteiger partial charge in [-0.2, -0.15) is 18.3 Å². The van der Waals surface area contributed by atoms with Crippen molar-refractivity contribution >= 4 is 5.91 Å². The van der Waals surface area contributed by atoms with Gasteiger partial charge in [0.15, 0.2) is 0 Å². The zero-order chi connectivity index (χ0) is 18.6. The quantitative estimate of drug-likeness (QED) is 0.758. The number of carbonyl (C=O) groups excluding carboxylic acids is 1. The first-order valence-electron chi connectivity index (χ1n) is 7.63. The maximum atomic E-state index is 12.5. The SMILES string of the molecule is O=C(NCc1ccc(Cn2cncn2)cc1)c1ccc(C(F)(F)F)nc1. The van der Waals surface area contributed by atoms with Gasteiger partial charge in [0.2, 0.25) is 0 Å². The van der Waals surface area contributed by atoms with Gasteiger partial charge in [-0.3, -0.25) is 9.78 Å². The van der Waals surface area contributed by atoms with Crippen molar-refractivity contribution in [3.8, 4) is 0 Å². The molecule has 2 aromatic heterocycles. The first kappa shape index (κ1) is 17.6. The number of amides is 1. The third-order valence-corrected chi connectivity index (χ3v) is 3.60. The molecule has 1 amide bonds. The van der Waals surface area contributed by atoms with E-state index < -0.39 is 17.8 Å². The minimum Gasteiger partial charge on any atom is -0.348 e. The first-order chi connectivity index (χ1) is 12.4. The summed E-state index contributed by atoms with van der Waals surface area (Å²) in [5.41, 5.74) is 0.927. The van der Waals surface area contributed by atoms with E-state index in [1.54, 1.807) is 11.0 Å². The standard InChI is InChI=1S/C17H14F3N5O/c18-17(19,20)15-6-5-14(8-22-15)16(26)23-7-12-1-3-13(4-2-12)9-25-11-21-10-24-25/h1-6,8,10-11H,7,9H2,(H,23,26). The molecule has 0 unspecified atom stereocenters. The molecule has 0 radical (unpaired) electrons. The molecule has 0 fully saturated rings. The summed E-state index contributed by atoms with van der Waals surface area (Å²) in [6.45, 7) is 0.841. The van der Waals surface area contributed by atoms with Gasteiger partial charge in [-0.1, -0.05) is 24.3 Å². The zero-order valence-electron chi connectivity index (χ0n) is 13.4. The number of aromatic nitrogens is 4. The Bertz CT molecular complexity index is 859. The van der Waals surface area contributed by atoms with E-state index >= 15 is 0 Å². The van der Waals surface area contributed by atoms with Crippen LogP contribution in [0.3, 0.4) is 0 Å². The predicted octanol–water partition coefficient (Wildman–Crippen LogP) is 2.67. The Morgan fingerprint density at radius 2 is 1.81 bits per heavy atom. The first-order valence-corrected chi connectivity index (χ1v) is 7.63. The number of nitrogens with zero attached hydrogens (tertiary/aromatic N) is 4. The van der Waals surface area contributed by atoms with Crippen molar-refractivity contribution in [2.24, 2.45) is 0 Å². The summed E-state index contributed by atoms with van der Waals surface area (Å²) >= 11 is 0. The lowest BCUT2D eigenvalue weighted by Gasteiger charge is -2.08. The van der Waals surface area contributed by atoms with Crippen molar-refractivity contribution in [1.29, 1.82) is 0 Å². The highest BCUT2D eigenvalue weighted by molar-refractivity contribution is 5.93. The highest BCUT2D eigenvalue weighted by Gasteiger charge is 2.32. The molecule has 0 aliphatic carbocycles. The van der Waals surface area contributed by atoms with Crippen molar-refractivity contribution < 1.29 is 18.0 Å². The summed E-state index contributed by atoms with van der Waals surface area (Å²) in [4.78, 5) is 19.1. The van der Waals surface area contributed by atoms with Crippen LogP contribution in [0.5, 0.6) is 0 Å². The summed E-state index contributed by atoms with van der Waals surface area (Å²) in [6.07, 6.45) is -0.533. The largest absolute Gasteiger partial charge is 0.433 e. The Kier molecular flexibility index (Phi) is 4.97. The molecule has 6 nitrogen and oxygen atoms in total. The Morgan fingerprint density at radius 1 is 1.08 bits per heavy atom. The van der Waals surface area contributed by atoms with Gasteiger partial charge in [-0.15, -0.1) is 0 Å². The average Bonchev–Trinajstić information content (AvgIpc) is 3.13. The highest BCUT2D eigenvalue weighted by Crippen LogP contribution is 2.27. The average molecular weight is 361 g/mol. The molecule has 0 aliphatic rings. The molecule has 0 atom stereocenters. The summed E-state index contributed by atoms with van der Waals surface area (Å²) < 4.78 is 39.1. The van der Waals surface area contributed by atoms with Crippen LogP contribution in [0.25, 0.3) is 0 Å². The van der Waals surface area contributed by atoms with E-state index in [1.807, 2.05) is 24.3 Å². The fraction of sp³-hybridized carbons (Fsp3) is 0.176. The molecule has 3 aromatic rings. The van der Waals surface area contributed by atoms with Crippen LogP contribution in [-0.4, -0.2) is 25.7 Å². The second kappa shape index (κ2) is 7.34. The van der Waals surface area contributed by atoms with Crippen LogP contribution in [-0.2, 0) is 19.3 Å². The Hall–Kier alpha value is -3.23. The summed E-state index contributed by atoms with van der Waals surface area (Å²) in [7, 11) is 0. The lowest BCUT2D eigenvalue weighted by molar-refractivity contribution is -0.141. The Balaban J connectivity index is 1.55. The lowest BCUT2D eigenvalue weighted by atomic mass is 10.1. The molecular weight excluding hydrogens is 347 g/mol. The maximum Gasteiger partial charge on any atom is 0.433 e. The molecular formula is C17H14F3N5O. The van der Waals surface area contributed by atoms with Gasteiger partial charge in [0.25, 0.3) is 5.91 Å². The van der Waals surface area contributed by atoms with Gasteiger partial charge in [0.1, 0.15) is 18.3 Å². The van der Waals surface area contributed by atoms with Crippen LogP contribution in [0.1, 0.15) is 27.2 Å². The minimum atomic E-state index is -4.52. The molecule has 0 spiro atoms. The number of rotatable bonds is 5. The molecule has 134 valence electrons. The van der Waals surface area contributed by atoms with Crippen molar-refractivity contribution in [1.82, 2.24) is 25.1 Å². The number of pyridine rings is 1. The van der Waals surface area contributed by atoms with E-state index in [-0.39, 0.29) is 12.1 Å². The highest BCUT2D eigenvalue weighted by atomic mass is 19.4. The van der Waals surface area contributed by atoms with Gasteiger partial charge in [-0.25, -0.2) is 9.67 Å². The van der Waals surface area contributed by atoms with Gasteiger partial charge in [0, 0.05) is 12.7 Å². The molecule has 1 N–H and O–H groups in total. The predicted molar refractivity (Wildman–Crippen MR) is 86.0 cm³/mol. The number of nitrogens with one attached hydrogen (secondary N) is 1. The van der Waals surface area contributed by atoms with Crippen LogP contribution in [0.15, 0.2) is 55.2 Å². The van der Waals surface area contributed by atoms with Crippen LogP contribution in [0.2, 0.25) is 0 Å². The van der Waals surface area contributed by atoms with Crippen molar-refractivity contribution in [2.45, 2.75) is 19.3 Å². The molecule has 0 aliphatic heterocycles. The van der Waals surface area contributed by atoms with Crippen LogP contribution in [0.4, 0.5) is 13.2 Å². The molecule has 1 aromatic carbocycles. The third kappa shape index (κ3) is 4.44. The summed E-state index contributed by atoms with van der Waals surface area (Å²) in [6, 6.07) is 9.42. The number of hydrogen-bond donors (Lipinski definition) is 1. The van der Waals surface area contributed by atoms with E-state index in [9.17, 15) is 18.0 Å². The van der Waals surface area contributed by atoms with E-state index in [0.717, 1.165) is 29.5 Å². The Morgan fingerprint density at radius 3 is 2.38 bits per heavy atom. The fourth-order valence-corrected chi connectivity index (χ4v) is 2.24. The molecule has 2 heterocycles. The number of halogens is 3. The third-order valence-electron chi connectivity index (χ3n) is 3.60. The molecule has 9 heteroatoms. The number of benzene rings is 1. The summed E-state index contributed by atoms with van der Waals surface area (Å²) in [5, 5.41) is 6.67. The second-order valence-corrected chi connectivity index (χ2v) is 5.52. The lowest BCUT2D eigenvalue weighted by Crippen LogP contribution is -2.23. The van der Waals surface area contributed by atoms with Gasteiger partial charge in [0.05, 0.1) is 12.1 Å². The van der Waals surface area contributed by atoms with Crippen LogP contribution in [0, 0.1) is 0 Å². The Labute approximate surface area is 146 Å². The number of carbonyl (C=O) groups is 1. The second-order valence-electron chi connectivity index (χ2n) is 5.52. The van der Waals surface area contributed by atoms with Crippen molar-refractivity contribution in [2.75, 3.05) is 0 Å². The number of alkyl halides is 3. The minimum absolute atomic E-state index is 0.0702.